The van der Waals surface area contributed by atoms with Crippen molar-refractivity contribution in [1.29, 1.82) is 0 Å². The minimum atomic E-state index is -3.76. The smallest absolute Gasteiger partial charge is 0.326 e. The molecule has 0 fully saturated rings. The van der Waals surface area contributed by atoms with Crippen LogP contribution in [0.4, 0.5) is 0 Å². The summed E-state index contributed by atoms with van der Waals surface area (Å²) in [5.74, 6) is -1.50. The van der Waals surface area contributed by atoms with Crippen molar-refractivity contribution in [1.82, 2.24) is 10.0 Å². The summed E-state index contributed by atoms with van der Waals surface area (Å²) < 4.78 is 27.2. The maximum atomic E-state index is 12.4. The first-order chi connectivity index (χ1) is 12.7. The molecule has 0 aliphatic carbocycles. The molecule has 2 aromatic rings. The van der Waals surface area contributed by atoms with Crippen LogP contribution in [0.15, 0.2) is 47.4 Å². The molecule has 0 saturated carbocycles. The van der Waals surface area contributed by atoms with E-state index in [2.05, 4.69) is 10.0 Å². The molecule has 27 heavy (non-hydrogen) atoms. The number of fused-ring (bicyclic) bond motifs is 1. The molecule has 1 amide bonds. The first-order valence-corrected chi connectivity index (χ1v) is 10.2. The zero-order valence-corrected chi connectivity index (χ0v) is 16.1. The predicted molar refractivity (Wildman–Crippen MR) is 103 cm³/mol. The second kappa shape index (κ2) is 8.96. The highest BCUT2D eigenvalue weighted by Gasteiger charge is 2.21. The lowest BCUT2D eigenvalue weighted by Gasteiger charge is -2.16. The lowest BCUT2D eigenvalue weighted by atomic mass is 10.0. The molecule has 146 valence electrons. The molecule has 0 bridgehead atoms. The summed E-state index contributed by atoms with van der Waals surface area (Å²) >= 11 is 0. The number of nitrogens with one attached hydrogen (secondary N) is 2. The van der Waals surface area contributed by atoms with E-state index in [1.165, 1.54) is 6.07 Å². The molecule has 0 aromatic heterocycles. The summed E-state index contributed by atoms with van der Waals surface area (Å²) in [4.78, 5) is 23.2. The highest BCUT2D eigenvalue weighted by molar-refractivity contribution is 7.89. The van der Waals surface area contributed by atoms with Crippen molar-refractivity contribution in [2.24, 2.45) is 5.92 Å². The van der Waals surface area contributed by atoms with E-state index in [0.29, 0.717) is 6.42 Å². The van der Waals surface area contributed by atoms with E-state index in [4.69, 9.17) is 5.11 Å². The standard InChI is InChI=1S/C19H24N2O5S/c1-13(2)11-17(19(23)24)21-18(22)9-10-20-27(25,26)16-8-7-14-5-3-4-6-15(14)12-16/h3-8,12-13,17,20H,9-11H2,1-2H3,(H,21,22)(H,23,24)/t17-/m0/s1. The zero-order valence-electron chi connectivity index (χ0n) is 15.3. The van der Waals surface area contributed by atoms with Crippen molar-refractivity contribution < 1.29 is 23.1 Å². The third kappa shape index (κ3) is 6.04. The van der Waals surface area contributed by atoms with Gasteiger partial charge < -0.3 is 10.4 Å². The Balaban J connectivity index is 1.94. The van der Waals surface area contributed by atoms with Crippen molar-refractivity contribution in [2.75, 3.05) is 6.54 Å². The number of rotatable bonds is 9. The highest BCUT2D eigenvalue weighted by atomic mass is 32.2. The summed E-state index contributed by atoms with van der Waals surface area (Å²) in [6.45, 7) is 3.61. The summed E-state index contributed by atoms with van der Waals surface area (Å²) in [6.07, 6.45) is 0.165. The lowest BCUT2D eigenvalue weighted by Crippen LogP contribution is -2.42. The van der Waals surface area contributed by atoms with Crippen LogP contribution in [0.25, 0.3) is 10.8 Å². The Hall–Kier alpha value is -2.45. The van der Waals surface area contributed by atoms with E-state index >= 15 is 0 Å². The van der Waals surface area contributed by atoms with Gasteiger partial charge in [-0.3, -0.25) is 4.79 Å². The first kappa shape index (κ1) is 20.9. The second-order valence-electron chi connectivity index (χ2n) is 6.74. The van der Waals surface area contributed by atoms with Gasteiger partial charge in [0.05, 0.1) is 4.90 Å². The summed E-state index contributed by atoms with van der Waals surface area (Å²) in [5, 5.41) is 13.3. The number of hydrogen-bond donors (Lipinski definition) is 3. The molecule has 3 N–H and O–H groups in total. The molecule has 0 aliphatic rings. The Kier molecular flexibility index (Phi) is 6.92. The average molecular weight is 392 g/mol. The van der Waals surface area contributed by atoms with Gasteiger partial charge in [-0.2, -0.15) is 0 Å². The Morgan fingerprint density at radius 3 is 2.37 bits per heavy atom. The fourth-order valence-electron chi connectivity index (χ4n) is 2.68. The van der Waals surface area contributed by atoms with Gasteiger partial charge in [0.15, 0.2) is 0 Å². The largest absolute Gasteiger partial charge is 0.480 e. The fourth-order valence-corrected chi connectivity index (χ4v) is 3.74. The maximum absolute atomic E-state index is 12.4. The second-order valence-corrected chi connectivity index (χ2v) is 8.51. The molecule has 0 radical (unpaired) electrons. The molecule has 0 saturated heterocycles. The van der Waals surface area contributed by atoms with Gasteiger partial charge in [-0.05, 0) is 35.2 Å². The SMILES string of the molecule is CC(C)C[C@H](NC(=O)CCNS(=O)(=O)c1ccc2ccccc2c1)C(=O)O. The molecule has 8 heteroatoms. The molecule has 0 unspecified atom stereocenters. The van der Waals surface area contributed by atoms with Crippen LogP contribution in [0.3, 0.4) is 0 Å². The molecule has 0 spiro atoms. The van der Waals surface area contributed by atoms with Crippen LogP contribution in [0.5, 0.6) is 0 Å². The summed E-state index contributed by atoms with van der Waals surface area (Å²) in [5.41, 5.74) is 0. The number of carbonyl (C=O) groups is 2. The number of hydrogen-bond acceptors (Lipinski definition) is 4. The third-order valence-electron chi connectivity index (χ3n) is 4.02. The van der Waals surface area contributed by atoms with Gasteiger partial charge >= 0.3 is 5.97 Å². The molecular formula is C19H24N2O5S. The van der Waals surface area contributed by atoms with Crippen LogP contribution >= 0.6 is 0 Å². The van der Waals surface area contributed by atoms with E-state index in [1.54, 1.807) is 12.1 Å². The normalized spacial score (nSPS) is 12.9. The molecule has 0 aliphatic heterocycles. The van der Waals surface area contributed by atoms with E-state index in [9.17, 15) is 18.0 Å². The predicted octanol–water partition coefficient (Wildman–Crippen LogP) is 2.12. The third-order valence-corrected chi connectivity index (χ3v) is 5.47. The summed E-state index contributed by atoms with van der Waals surface area (Å²) in [7, 11) is -3.76. The lowest BCUT2D eigenvalue weighted by molar-refractivity contribution is -0.142. The molecule has 1 atom stereocenters. The van der Waals surface area contributed by atoms with Gasteiger partial charge in [0.1, 0.15) is 6.04 Å². The van der Waals surface area contributed by atoms with Gasteiger partial charge in [-0.1, -0.05) is 44.2 Å². The molecular weight excluding hydrogens is 368 g/mol. The Bertz CT molecular complexity index is 925. The highest BCUT2D eigenvalue weighted by Crippen LogP contribution is 2.18. The maximum Gasteiger partial charge on any atom is 0.326 e. The number of benzene rings is 2. The Morgan fingerprint density at radius 1 is 1.07 bits per heavy atom. The van der Waals surface area contributed by atoms with Gasteiger partial charge in [-0.15, -0.1) is 0 Å². The number of sulfonamides is 1. The zero-order chi connectivity index (χ0) is 20.0. The number of carboxylic acid groups (broad SMARTS) is 1. The van der Waals surface area contributed by atoms with Crippen molar-refractivity contribution >= 4 is 32.7 Å². The van der Waals surface area contributed by atoms with Crippen LogP contribution in [0.2, 0.25) is 0 Å². The van der Waals surface area contributed by atoms with E-state index in [1.807, 2.05) is 38.1 Å². The topological polar surface area (TPSA) is 113 Å². The fraction of sp³-hybridized carbons (Fsp3) is 0.368. The molecule has 7 nitrogen and oxygen atoms in total. The van der Waals surface area contributed by atoms with E-state index in [-0.39, 0.29) is 23.8 Å². The first-order valence-electron chi connectivity index (χ1n) is 8.69. The average Bonchev–Trinajstić information content (AvgIpc) is 2.60. The molecule has 2 rings (SSSR count). The van der Waals surface area contributed by atoms with Crippen LogP contribution < -0.4 is 10.0 Å². The molecule has 2 aromatic carbocycles. The van der Waals surface area contributed by atoms with Crippen molar-refractivity contribution in [3.8, 4) is 0 Å². The quantitative estimate of drug-likeness (QED) is 0.605. The van der Waals surface area contributed by atoms with Crippen molar-refractivity contribution in [3.63, 3.8) is 0 Å². The van der Waals surface area contributed by atoms with Crippen LogP contribution in [0, 0.1) is 5.92 Å². The monoisotopic (exact) mass is 392 g/mol. The number of amides is 1. The minimum Gasteiger partial charge on any atom is -0.480 e. The number of carboxylic acids is 1. The number of carbonyl (C=O) groups excluding carboxylic acids is 1. The van der Waals surface area contributed by atoms with Gasteiger partial charge in [-0.25, -0.2) is 17.9 Å². The molecule has 0 heterocycles. The van der Waals surface area contributed by atoms with Gasteiger partial charge in [0.25, 0.3) is 0 Å². The number of aliphatic carboxylic acids is 1. The van der Waals surface area contributed by atoms with Gasteiger partial charge in [0, 0.05) is 13.0 Å². The van der Waals surface area contributed by atoms with Crippen molar-refractivity contribution in [2.45, 2.75) is 37.6 Å². The van der Waals surface area contributed by atoms with Crippen LogP contribution in [0.1, 0.15) is 26.7 Å². The van der Waals surface area contributed by atoms with E-state index < -0.39 is 27.9 Å². The summed E-state index contributed by atoms with van der Waals surface area (Å²) in [6, 6.07) is 11.2. The minimum absolute atomic E-state index is 0.109. The Morgan fingerprint density at radius 2 is 1.74 bits per heavy atom. The van der Waals surface area contributed by atoms with Crippen molar-refractivity contribution in [3.05, 3.63) is 42.5 Å². The van der Waals surface area contributed by atoms with Gasteiger partial charge in [0.2, 0.25) is 15.9 Å². The van der Waals surface area contributed by atoms with Crippen LogP contribution in [-0.4, -0.2) is 38.0 Å². The Labute approximate surface area is 158 Å². The van der Waals surface area contributed by atoms with E-state index in [0.717, 1.165) is 10.8 Å². The van der Waals surface area contributed by atoms with Crippen LogP contribution in [-0.2, 0) is 19.6 Å².